The van der Waals surface area contributed by atoms with Gasteiger partial charge in [-0.1, -0.05) is 37.6 Å². The Bertz CT molecular complexity index is 1220. The van der Waals surface area contributed by atoms with Gasteiger partial charge < -0.3 is 15.1 Å². The molecule has 5 rings (SSSR count). The van der Waals surface area contributed by atoms with Crippen LogP contribution in [0.5, 0.6) is 0 Å². The lowest BCUT2D eigenvalue weighted by atomic mass is 10.0. The van der Waals surface area contributed by atoms with Crippen LogP contribution in [0.4, 0.5) is 11.5 Å². The summed E-state index contributed by atoms with van der Waals surface area (Å²) in [5.74, 6) is 0.944. The van der Waals surface area contributed by atoms with Crippen LogP contribution in [0.3, 0.4) is 0 Å². The molecule has 5 heteroatoms. The molecule has 2 aliphatic rings. The molecule has 0 unspecified atom stereocenters. The van der Waals surface area contributed by atoms with Gasteiger partial charge in [0.15, 0.2) is 0 Å². The van der Waals surface area contributed by atoms with Crippen molar-refractivity contribution >= 4 is 34.4 Å². The molecule has 0 radical (unpaired) electrons. The molecule has 5 nitrogen and oxygen atoms in total. The minimum atomic E-state index is -0.130. The quantitative estimate of drug-likeness (QED) is 0.407. The molecule has 1 N–H and O–H groups in total. The predicted octanol–water partition coefficient (Wildman–Crippen LogP) is 6.21. The molecule has 1 amide bonds. The minimum absolute atomic E-state index is 0.130. The van der Waals surface area contributed by atoms with Crippen LogP contribution in [-0.4, -0.2) is 48.0 Å². The number of aryl methyl sites for hydroxylation is 2. The number of anilines is 2. The normalized spacial score (nSPS) is 17.3. The van der Waals surface area contributed by atoms with Crippen molar-refractivity contribution in [1.82, 2.24) is 9.88 Å². The third-order valence-corrected chi connectivity index (χ3v) is 7.66. The maximum Gasteiger partial charge on any atom is 0.248 e. The van der Waals surface area contributed by atoms with E-state index in [4.69, 9.17) is 4.98 Å². The Morgan fingerprint density at radius 3 is 2.50 bits per heavy atom. The third-order valence-electron chi connectivity index (χ3n) is 7.66. The highest BCUT2D eigenvalue weighted by Crippen LogP contribution is 2.28. The number of carbonyl (C=O) groups excluding carboxylic acids is 1. The zero-order valence-corrected chi connectivity index (χ0v) is 21.7. The van der Waals surface area contributed by atoms with Gasteiger partial charge in [0.05, 0.1) is 5.52 Å². The molecule has 0 atom stereocenters. The number of rotatable bonds is 7. The van der Waals surface area contributed by atoms with Gasteiger partial charge in [-0.3, -0.25) is 4.79 Å². The number of nitrogens with zero attached hydrogens (tertiary/aromatic N) is 3. The minimum Gasteiger partial charge on any atom is -0.356 e. The van der Waals surface area contributed by atoms with E-state index in [9.17, 15) is 4.79 Å². The Morgan fingerprint density at radius 2 is 1.78 bits per heavy atom. The van der Waals surface area contributed by atoms with Crippen molar-refractivity contribution < 1.29 is 4.79 Å². The van der Waals surface area contributed by atoms with Gasteiger partial charge in [0.25, 0.3) is 0 Å². The smallest absolute Gasteiger partial charge is 0.248 e. The largest absolute Gasteiger partial charge is 0.356 e. The average molecular weight is 483 g/mol. The molecule has 1 aromatic heterocycles. The molecule has 3 heterocycles. The molecule has 2 saturated heterocycles. The first kappa shape index (κ1) is 24.5. The average Bonchev–Trinajstić information content (AvgIpc) is 3.44. The van der Waals surface area contributed by atoms with Crippen LogP contribution in [0, 0.1) is 6.92 Å². The van der Waals surface area contributed by atoms with Gasteiger partial charge in [0.2, 0.25) is 5.91 Å². The number of fused-ring (bicyclic) bond motifs is 1. The van der Waals surface area contributed by atoms with Crippen LogP contribution in [0.15, 0.2) is 54.6 Å². The highest BCUT2D eigenvalue weighted by molar-refractivity contribution is 6.03. The van der Waals surface area contributed by atoms with Crippen LogP contribution in [0.1, 0.15) is 55.7 Å². The molecule has 3 aromatic rings. The van der Waals surface area contributed by atoms with Crippen molar-refractivity contribution in [2.75, 3.05) is 36.4 Å². The van der Waals surface area contributed by atoms with Gasteiger partial charge in [-0.05, 0) is 99.1 Å². The highest BCUT2D eigenvalue weighted by Gasteiger charge is 2.27. The second-order valence-electron chi connectivity index (χ2n) is 10.3. The topological polar surface area (TPSA) is 48.5 Å². The Hall–Kier alpha value is -3.18. The van der Waals surface area contributed by atoms with E-state index in [2.05, 4.69) is 59.3 Å². The first-order chi connectivity index (χ1) is 17.6. The first-order valence-corrected chi connectivity index (χ1v) is 13.6. The molecule has 0 bridgehead atoms. The van der Waals surface area contributed by atoms with Gasteiger partial charge in [0.1, 0.15) is 5.82 Å². The zero-order valence-electron chi connectivity index (χ0n) is 21.7. The van der Waals surface area contributed by atoms with E-state index < -0.39 is 0 Å². The van der Waals surface area contributed by atoms with Crippen LogP contribution in [-0.2, 0) is 11.2 Å². The standard InChI is InChI=1S/C31H38N4O/c1-3-6-24-7-9-25(10-8-24)11-14-31(36)32-26-12-13-29-28(22-26)23(2)21-30(33-29)35-19-15-27(16-20-35)34-17-4-5-18-34/h7-14,21-22,27H,3-6,15-20H2,1-2H3,(H,32,36). The molecule has 0 aliphatic carbocycles. The fourth-order valence-corrected chi connectivity index (χ4v) is 5.62. The van der Waals surface area contributed by atoms with Crippen LogP contribution in [0.25, 0.3) is 17.0 Å². The predicted molar refractivity (Wildman–Crippen MR) is 151 cm³/mol. The van der Waals surface area contributed by atoms with E-state index in [1.807, 2.05) is 24.3 Å². The van der Waals surface area contributed by atoms with Crippen LogP contribution in [0.2, 0.25) is 0 Å². The Balaban J connectivity index is 1.22. The monoisotopic (exact) mass is 482 g/mol. The summed E-state index contributed by atoms with van der Waals surface area (Å²) in [5.41, 5.74) is 5.32. The first-order valence-electron chi connectivity index (χ1n) is 13.6. The second kappa shape index (κ2) is 11.3. The number of carbonyl (C=O) groups is 1. The SMILES string of the molecule is CCCc1ccc(C=CC(=O)Nc2ccc3nc(N4CCC(N5CCCC5)CC4)cc(C)c3c2)cc1. The lowest BCUT2D eigenvalue weighted by Crippen LogP contribution is -2.44. The third kappa shape index (κ3) is 5.79. The number of pyridine rings is 1. The summed E-state index contributed by atoms with van der Waals surface area (Å²) < 4.78 is 0. The summed E-state index contributed by atoms with van der Waals surface area (Å²) in [7, 11) is 0. The number of hydrogen-bond acceptors (Lipinski definition) is 4. The summed E-state index contributed by atoms with van der Waals surface area (Å²) in [6, 6.07) is 17.3. The van der Waals surface area contributed by atoms with Gasteiger partial charge in [-0.25, -0.2) is 4.98 Å². The number of amides is 1. The molecule has 2 aromatic carbocycles. The summed E-state index contributed by atoms with van der Waals surface area (Å²) >= 11 is 0. The van der Waals surface area contributed by atoms with E-state index in [-0.39, 0.29) is 5.91 Å². The van der Waals surface area contributed by atoms with E-state index >= 15 is 0 Å². The fourth-order valence-electron chi connectivity index (χ4n) is 5.62. The van der Waals surface area contributed by atoms with Crippen LogP contribution >= 0.6 is 0 Å². The maximum atomic E-state index is 12.5. The summed E-state index contributed by atoms with van der Waals surface area (Å²) in [6.07, 6.45) is 10.8. The summed E-state index contributed by atoms with van der Waals surface area (Å²) in [4.78, 5) is 22.6. The van der Waals surface area contributed by atoms with Crippen molar-refractivity contribution in [3.63, 3.8) is 0 Å². The maximum absolute atomic E-state index is 12.5. The molecule has 188 valence electrons. The van der Waals surface area contributed by atoms with E-state index in [1.165, 1.54) is 49.9 Å². The van der Waals surface area contributed by atoms with E-state index in [0.29, 0.717) is 0 Å². The molecule has 2 aliphatic heterocycles. The van der Waals surface area contributed by atoms with Crippen LogP contribution < -0.4 is 10.2 Å². The lowest BCUT2D eigenvalue weighted by Gasteiger charge is -2.37. The number of aromatic nitrogens is 1. The van der Waals surface area contributed by atoms with Crippen molar-refractivity contribution in [2.45, 2.75) is 58.4 Å². The molecule has 0 spiro atoms. The van der Waals surface area contributed by atoms with Gasteiger partial charge in [0, 0.05) is 36.3 Å². The number of benzene rings is 2. The molecular formula is C31H38N4O. The van der Waals surface area contributed by atoms with Gasteiger partial charge in [-0.15, -0.1) is 0 Å². The number of piperidine rings is 1. The van der Waals surface area contributed by atoms with Crippen molar-refractivity contribution in [2.24, 2.45) is 0 Å². The zero-order chi connectivity index (χ0) is 24.9. The Kier molecular flexibility index (Phi) is 7.66. The summed E-state index contributed by atoms with van der Waals surface area (Å²) in [6.45, 7) is 9.01. The van der Waals surface area contributed by atoms with Gasteiger partial charge in [-0.2, -0.15) is 0 Å². The molecule has 36 heavy (non-hydrogen) atoms. The number of likely N-dealkylation sites (tertiary alicyclic amines) is 1. The second-order valence-corrected chi connectivity index (χ2v) is 10.3. The number of nitrogens with one attached hydrogen (secondary N) is 1. The molecule has 0 saturated carbocycles. The highest BCUT2D eigenvalue weighted by atomic mass is 16.1. The Labute approximate surface area is 215 Å². The Morgan fingerprint density at radius 1 is 1.03 bits per heavy atom. The number of hydrogen-bond donors (Lipinski definition) is 1. The van der Waals surface area contributed by atoms with Crippen molar-refractivity contribution in [3.05, 3.63) is 71.3 Å². The lowest BCUT2D eigenvalue weighted by molar-refractivity contribution is -0.111. The van der Waals surface area contributed by atoms with Crippen molar-refractivity contribution in [3.8, 4) is 0 Å². The van der Waals surface area contributed by atoms with Gasteiger partial charge >= 0.3 is 0 Å². The van der Waals surface area contributed by atoms with Crippen molar-refractivity contribution in [1.29, 1.82) is 0 Å². The van der Waals surface area contributed by atoms with E-state index in [0.717, 1.165) is 59.9 Å². The molecular weight excluding hydrogens is 444 g/mol. The fraction of sp³-hybridized carbons (Fsp3) is 0.419. The van der Waals surface area contributed by atoms with E-state index in [1.54, 1.807) is 6.08 Å². The molecule has 2 fully saturated rings. The summed E-state index contributed by atoms with van der Waals surface area (Å²) in [5, 5.41) is 4.09.